The van der Waals surface area contributed by atoms with E-state index in [1.807, 2.05) is 0 Å². The van der Waals surface area contributed by atoms with Crippen molar-refractivity contribution < 1.29 is 0 Å². The average molecular weight is 286 g/mol. The van der Waals surface area contributed by atoms with Gasteiger partial charge in [-0.25, -0.2) is 4.68 Å². The van der Waals surface area contributed by atoms with Crippen LogP contribution in [-0.2, 0) is 6.54 Å². The Morgan fingerprint density at radius 2 is 1.63 bits per heavy atom. The molecule has 1 aliphatic heterocycles. The van der Waals surface area contributed by atoms with Gasteiger partial charge in [0.25, 0.3) is 0 Å². The van der Waals surface area contributed by atoms with Crippen molar-refractivity contribution >= 4 is 12.4 Å². The zero-order valence-electron chi connectivity index (χ0n) is 11.5. The van der Waals surface area contributed by atoms with Gasteiger partial charge in [-0.05, 0) is 49.2 Å². The molecule has 1 aromatic rings. The lowest BCUT2D eigenvalue weighted by atomic mass is 9.95. The molecule has 1 aliphatic carbocycles. The number of hydrogen-bond acceptors (Lipinski definition) is 4. The SMILES string of the molecule is C1CCC(n2nnnc2CN2CCCCC2)CC1.Cl. The molecule has 0 spiro atoms. The number of halogens is 1. The van der Waals surface area contributed by atoms with E-state index in [0.717, 1.165) is 12.4 Å². The lowest BCUT2D eigenvalue weighted by molar-refractivity contribution is 0.206. The number of nitrogens with zero attached hydrogens (tertiary/aromatic N) is 5. The highest BCUT2D eigenvalue weighted by Gasteiger charge is 2.21. The van der Waals surface area contributed by atoms with Crippen molar-refractivity contribution in [1.82, 2.24) is 25.1 Å². The third kappa shape index (κ3) is 3.66. The molecule has 0 atom stereocenters. The fourth-order valence-corrected chi connectivity index (χ4v) is 3.24. The van der Waals surface area contributed by atoms with Crippen molar-refractivity contribution in [1.29, 1.82) is 0 Å². The summed E-state index contributed by atoms with van der Waals surface area (Å²) in [6.45, 7) is 3.35. The normalized spacial score (nSPS) is 22.1. The van der Waals surface area contributed by atoms with Crippen molar-refractivity contribution in [2.24, 2.45) is 0 Å². The first-order valence-electron chi connectivity index (χ1n) is 7.42. The molecule has 2 aliphatic rings. The Balaban J connectivity index is 0.00000133. The molecule has 0 N–H and O–H groups in total. The quantitative estimate of drug-likeness (QED) is 0.856. The van der Waals surface area contributed by atoms with Crippen LogP contribution in [0.1, 0.15) is 63.2 Å². The number of piperidine rings is 1. The van der Waals surface area contributed by atoms with Gasteiger partial charge in [-0.3, -0.25) is 4.90 Å². The summed E-state index contributed by atoms with van der Waals surface area (Å²) in [5.41, 5.74) is 0. The molecule has 6 heteroatoms. The number of hydrogen-bond donors (Lipinski definition) is 0. The Morgan fingerprint density at radius 1 is 0.947 bits per heavy atom. The van der Waals surface area contributed by atoms with Crippen molar-refractivity contribution in [2.75, 3.05) is 13.1 Å². The summed E-state index contributed by atoms with van der Waals surface area (Å²) >= 11 is 0. The van der Waals surface area contributed by atoms with Crippen LogP contribution in [0.15, 0.2) is 0 Å². The first-order chi connectivity index (χ1) is 8.93. The zero-order valence-corrected chi connectivity index (χ0v) is 12.3. The number of tetrazole rings is 1. The van der Waals surface area contributed by atoms with Crippen LogP contribution in [0.2, 0.25) is 0 Å². The molecule has 1 saturated carbocycles. The third-order valence-electron chi connectivity index (χ3n) is 4.30. The minimum Gasteiger partial charge on any atom is -0.296 e. The van der Waals surface area contributed by atoms with E-state index in [-0.39, 0.29) is 12.4 Å². The molecule has 0 unspecified atom stereocenters. The van der Waals surface area contributed by atoms with Crippen molar-refractivity contribution in [3.05, 3.63) is 5.82 Å². The highest BCUT2D eigenvalue weighted by molar-refractivity contribution is 5.85. The maximum atomic E-state index is 4.25. The van der Waals surface area contributed by atoms with Gasteiger partial charge < -0.3 is 0 Å². The summed E-state index contributed by atoms with van der Waals surface area (Å²) in [5.74, 6) is 1.07. The predicted molar refractivity (Wildman–Crippen MR) is 76.3 cm³/mol. The van der Waals surface area contributed by atoms with Crippen LogP contribution >= 0.6 is 12.4 Å². The second kappa shape index (κ2) is 7.20. The molecular weight excluding hydrogens is 262 g/mol. The Hall–Kier alpha value is -0.680. The van der Waals surface area contributed by atoms with E-state index in [1.54, 1.807) is 0 Å². The Morgan fingerprint density at radius 3 is 2.37 bits per heavy atom. The Kier molecular flexibility index (Phi) is 5.58. The van der Waals surface area contributed by atoms with E-state index in [9.17, 15) is 0 Å². The fourth-order valence-electron chi connectivity index (χ4n) is 3.24. The topological polar surface area (TPSA) is 46.8 Å². The van der Waals surface area contributed by atoms with Crippen molar-refractivity contribution in [3.8, 4) is 0 Å². The first kappa shape index (κ1) is 14.7. The van der Waals surface area contributed by atoms with E-state index >= 15 is 0 Å². The van der Waals surface area contributed by atoms with E-state index in [0.29, 0.717) is 6.04 Å². The van der Waals surface area contributed by atoms with Crippen LogP contribution < -0.4 is 0 Å². The van der Waals surface area contributed by atoms with Crippen LogP contribution in [-0.4, -0.2) is 38.2 Å². The van der Waals surface area contributed by atoms with Crippen molar-refractivity contribution in [3.63, 3.8) is 0 Å². The summed E-state index contributed by atoms with van der Waals surface area (Å²) in [7, 11) is 0. The van der Waals surface area contributed by atoms with Gasteiger partial charge in [-0.1, -0.05) is 25.7 Å². The standard InChI is InChI=1S/C13H23N5.ClH/c1-3-7-12(8-4-1)18-13(14-15-16-18)11-17-9-5-2-6-10-17;/h12H,1-11H2;1H. The lowest BCUT2D eigenvalue weighted by Crippen LogP contribution is -2.31. The highest BCUT2D eigenvalue weighted by Crippen LogP contribution is 2.28. The highest BCUT2D eigenvalue weighted by atomic mass is 35.5. The van der Waals surface area contributed by atoms with Gasteiger partial charge in [0.15, 0.2) is 5.82 Å². The molecule has 0 aromatic carbocycles. The molecule has 1 saturated heterocycles. The number of rotatable bonds is 3. The van der Waals surface area contributed by atoms with E-state index in [1.165, 1.54) is 64.5 Å². The molecule has 1 aromatic heterocycles. The zero-order chi connectivity index (χ0) is 12.2. The largest absolute Gasteiger partial charge is 0.296 e. The lowest BCUT2D eigenvalue weighted by Gasteiger charge is -2.27. The van der Waals surface area contributed by atoms with Gasteiger partial charge in [0.05, 0.1) is 12.6 Å². The Bertz CT molecular complexity index is 369. The third-order valence-corrected chi connectivity index (χ3v) is 4.30. The Labute approximate surface area is 121 Å². The predicted octanol–water partition coefficient (Wildman–Crippen LogP) is 2.59. The molecule has 108 valence electrons. The molecule has 0 amide bonds. The smallest absolute Gasteiger partial charge is 0.165 e. The monoisotopic (exact) mass is 285 g/mol. The molecule has 5 nitrogen and oxygen atoms in total. The van der Waals surface area contributed by atoms with E-state index < -0.39 is 0 Å². The molecule has 2 fully saturated rings. The van der Waals surface area contributed by atoms with Gasteiger partial charge in [0.1, 0.15) is 0 Å². The molecule has 19 heavy (non-hydrogen) atoms. The molecular formula is C13H24ClN5. The summed E-state index contributed by atoms with van der Waals surface area (Å²) in [4.78, 5) is 2.49. The summed E-state index contributed by atoms with van der Waals surface area (Å²) < 4.78 is 2.10. The van der Waals surface area contributed by atoms with Crippen LogP contribution in [0, 0.1) is 0 Å². The van der Waals surface area contributed by atoms with Gasteiger partial charge in [0, 0.05) is 0 Å². The summed E-state index contributed by atoms with van der Waals surface area (Å²) in [6.07, 6.45) is 10.6. The van der Waals surface area contributed by atoms with Crippen LogP contribution in [0.3, 0.4) is 0 Å². The maximum absolute atomic E-state index is 4.25. The molecule has 0 radical (unpaired) electrons. The summed E-state index contributed by atoms with van der Waals surface area (Å²) in [6, 6.07) is 0.550. The van der Waals surface area contributed by atoms with Gasteiger partial charge in [0.2, 0.25) is 0 Å². The van der Waals surface area contributed by atoms with Gasteiger partial charge in [-0.2, -0.15) is 0 Å². The number of likely N-dealkylation sites (tertiary alicyclic amines) is 1. The fraction of sp³-hybridized carbons (Fsp3) is 0.923. The molecule has 0 bridgehead atoms. The number of aromatic nitrogens is 4. The van der Waals surface area contributed by atoms with Gasteiger partial charge >= 0.3 is 0 Å². The minimum atomic E-state index is 0. The van der Waals surface area contributed by atoms with Crippen LogP contribution in [0.4, 0.5) is 0 Å². The summed E-state index contributed by atoms with van der Waals surface area (Å²) in [5, 5.41) is 12.4. The van der Waals surface area contributed by atoms with Crippen molar-refractivity contribution in [2.45, 2.75) is 64.0 Å². The maximum Gasteiger partial charge on any atom is 0.165 e. The first-order valence-corrected chi connectivity index (χ1v) is 7.42. The second-order valence-corrected chi connectivity index (χ2v) is 5.67. The van der Waals surface area contributed by atoms with Crippen LogP contribution in [0.5, 0.6) is 0 Å². The van der Waals surface area contributed by atoms with Gasteiger partial charge in [-0.15, -0.1) is 17.5 Å². The minimum absolute atomic E-state index is 0. The average Bonchev–Trinajstić information content (AvgIpc) is 2.89. The molecule has 3 rings (SSSR count). The molecule has 2 heterocycles. The second-order valence-electron chi connectivity index (χ2n) is 5.67. The van der Waals surface area contributed by atoms with E-state index in [2.05, 4.69) is 25.1 Å². The van der Waals surface area contributed by atoms with E-state index in [4.69, 9.17) is 0 Å². The van der Waals surface area contributed by atoms with Crippen LogP contribution in [0.25, 0.3) is 0 Å².